The predicted molar refractivity (Wildman–Crippen MR) is 82.7 cm³/mol. The lowest BCUT2D eigenvalue weighted by molar-refractivity contribution is -0.159. The van der Waals surface area contributed by atoms with Crippen LogP contribution < -0.4 is 0 Å². The molecule has 5 saturated carbocycles. The Labute approximate surface area is 128 Å². The van der Waals surface area contributed by atoms with Gasteiger partial charge in [0.1, 0.15) is 0 Å². The SMILES string of the molecule is O=C(N1CC[C@H]2CCCC[C@H]21)C12CC3CC(CC(C3)C1)C2. The molecular weight excluding hydrogens is 258 g/mol. The van der Waals surface area contributed by atoms with Crippen molar-refractivity contribution in [3.63, 3.8) is 0 Å². The smallest absolute Gasteiger partial charge is 0.229 e. The Hall–Kier alpha value is -0.530. The van der Waals surface area contributed by atoms with Crippen LogP contribution >= 0.6 is 0 Å². The number of hydrogen-bond donors (Lipinski definition) is 0. The molecule has 0 unspecified atom stereocenters. The summed E-state index contributed by atoms with van der Waals surface area (Å²) < 4.78 is 0. The molecule has 1 heterocycles. The van der Waals surface area contributed by atoms with E-state index in [1.54, 1.807) is 0 Å². The van der Waals surface area contributed by atoms with Gasteiger partial charge in [0.2, 0.25) is 5.91 Å². The van der Waals surface area contributed by atoms with Crippen molar-refractivity contribution in [1.29, 1.82) is 0 Å². The van der Waals surface area contributed by atoms with Gasteiger partial charge in [0, 0.05) is 12.6 Å². The molecule has 4 bridgehead atoms. The molecule has 6 aliphatic rings. The largest absolute Gasteiger partial charge is 0.339 e. The normalized spacial score (nSPS) is 51.2. The van der Waals surface area contributed by atoms with Gasteiger partial charge in [0.15, 0.2) is 0 Å². The van der Waals surface area contributed by atoms with E-state index in [0.717, 1.165) is 30.2 Å². The van der Waals surface area contributed by atoms with Gasteiger partial charge in [-0.25, -0.2) is 0 Å². The highest BCUT2D eigenvalue weighted by Crippen LogP contribution is 2.61. The molecule has 116 valence electrons. The van der Waals surface area contributed by atoms with Crippen molar-refractivity contribution in [2.75, 3.05) is 6.54 Å². The monoisotopic (exact) mass is 287 g/mol. The first-order valence-electron chi connectivity index (χ1n) is 9.55. The lowest BCUT2D eigenvalue weighted by Crippen LogP contribution is -2.55. The number of fused-ring (bicyclic) bond motifs is 1. The minimum atomic E-state index is 0.0983. The highest BCUT2D eigenvalue weighted by Gasteiger charge is 2.57. The second-order valence-electron chi connectivity index (χ2n) is 9.10. The lowest BCUT2D eigenvalue weighted by Gasteiger charge is -2.57. The molecular formula is C19H29NO. The van der Waals surface area contributed by atoms with E-state index in [1.807, 2.05) is 0 Å². The van der Waals surface area contributed by atoms with E-state index in [0.29, 0.717) is 11.9 Å². The fourth-order valence-electron chi connectivity index (χ4n) is 7.34. The van der Waals surface area contributed by atoms with Gasteiger partial charge < -0.3 is 4.90 Å². The van der Waals surface area contributed by atoms with E-state index in [9.17, 15) is 4.79 Å². The van der Waals surface area contributed by atoms with E-state index in [4.69, 9.17) is 0 Å². The van der Waals surface area contributed by atoms with Crippen LogP contribution in [0.5, 0.6) is 0 Å². The van der Waals surface area contributed by atoms with E-state index >= 15 is 0 Å². The van der Waals surface area contributed by atoms with Crippen LogP contribution in [0.4, 0.5) is 0 Å². The second-order valence-corrected chi connectivity index (χ2v) is 9.10. The zero-order valence-corrected chi connectivity index (χ0v) is 13.2. The van der Waals surface area contributed by atoms with E-state index in [-0.39, 0.29) is 5.41 Å². The highest BCUT2D eigenvalue weighted by molar-refractivity contribution is 5.84. The summed E-state index contributed by atoms with van der Waals surface area (Å²) in [6, 6.07) is 0.624. The predicted octanol–water partition coefficient (Wildman–Crippen LogP) is 3.99. The zero-order chi connectivity index (χ0) is 14.0. The van der Waals surface area contributed by atoms with Crippen molar-refractivity contribution >= 4 is 5.91 Å². The fraction of sp³-hybridized carbons (Fsp3) is 0.947. The molecule has 0 radical (unpaired) electrons. The average Bonchev–Trinajstić information content (AvgIpc) is 2.89. The molecule has 0 N–H and O–H groups in total. The molecule has 1 aliphatic heterocycles. The molecule has 2 atom stereocenters. The molecule has 5 aliphatic carbocycles. The first kappa shape index (κ1) is 13.0. The van der Waals surface area contributed by atoms with Gasteiger partial charge in [-0.3, -0.25) is 4.79 Å². The lowest BCUT2D eigenvalue weighted by atomic mass is 9.49. The molecule has 0 aromatic rings. The summed E-state index contributed by atoms with van der Waals surface area (Å²) in [7, 11) is 0. The zero-order valence-electron chi connectivity index (χ0n) is 13.2. The molecule has 6 rings (SSSR count). The number of amides is 1. The summed E-state index contributed by atoms with van der Waals surface area (Å²) in [6.07, 6.45) is 14.8. The van der Waals surface area contributed by atoms with Crippen molar-refractivity contribution in [3.05, 3.63) is 0 Å². The van der Waals surface area contributed by atoms with Gasteiger partial charge >= 0.3 is 0 Å². The topological polar surface area (TPSA) is 20.3 Å². The number of rotatable bonds is 1. The minimum absolute atomic E-state index is 0.0983. The second kappa shape index (κ2) is 4.49. The van der Waals surface area contributed by atoms with Crippen molar-refractivity contribution in [3.8, 4) is 0 Å². The van der Waals surface area contributed by atoms with Crippen LogP contribution in [-0.4, -0.2) is 23.4 Å². The number of carbonyl (C=O) groups excluding carboxylic acids is 1. The van der Waals surface area contributed by atoms with Crippen LogP contribution in [0.15, 0.2) is 0 Å². The Kier molecular flexibility index (Phi) is 2.77. The van der Waals surface area contributed by atoms with Crippen LogP contribution in [0.25, 0.3) is 0 Å². The summed E-state index contributed by atoms with van der Waals surface area (Å²) in [4.78, 5) is 15.9. The number of hydrogen-bond acceptors (Lipinski definition) is 1. The first-order valence-corrected chi connectivity index (χ1v) is 9.55. The molecule has 6 fully saturated rings. The van der Waals surface area contributed by atoms with Gasteiger partial charge in [-0.05, 0) is 81.5 Å². The minimum Gasteiger partial charge on any atom is -0.339 e. The number of carbonyl (C=O) groups is 1. The molecule has 1 saturated heterocycles. The molecule has 0 spiro atoms. The maximum absolute atomic E-state index is 13.5. The number of nitrogens with zero attached hydrogens (tertiary/aromatic N) is 1. The maximum atomic E-state index is 13.5. The molecule has 0 aromatic heterocycles. The summed E-state index contributed by atoms with van der Waals surface area (Å²) in [5.74, 6) is 4.13. The van der Waals surface area contributed by atoms with Crippen molar-refractivity contribution < 1.29 is 4.79 Å². The third kappa shape index (κ3) is 1.86. The Morgan fingerprint density at radius 3 is 2.14 bits per heavy atom. The van der Waals surface area contributed by atoms with Crippen LogP contribution in [-0.2, 0) is 4.79 Å². The number of likely N-dealkylation sites (tertiary alicyclic amines) is 1. The van der Waals surface area contributed by atoms with E-state index in [2.05, 4.69) is 4.90 Å². The Balaban J connectivity index is 1.41. The highest BCUT2D eigenvalue weighted by atomic mass is 16.2. The summed E-state index contributed by atoms with van der Waals surface area (Å²) >= 11 is 0. The standard InChI is InChI=1S/C19H29NO/c21-18(20-6-5-16-3-1-2-4-17(16)20)19-10-13-7-14(11-19)9-15(8-13)12-19/h13-17H,1-12H2/t13?,14?,15?,16-,17-,19?/m1/s1. The molecule has 2 heteroatoms. The van der Waals surface area contributed by atoms with Crippen LogP contribution in [0, 0.1) is 29.1 Å². The maximum Gasteiger partial charge on any atom is 0.229 e. The summed E-state index contributed by atoms with van der Waals surface area (Å²) in [5.41, 5.74) is 0.0983. The molecule has 21 heavy (non-hydrogen) atoms. The van der Waals surface area contributed by atoms with Crippen molar-refractivity contribution in [2.45, 2.75) is 76.7 Å². The molecule has 0 aromatic carbocycles. The van der Waals surface area contributed by atoms with Crippen molar-refractivity contribution in [2.24, 2.45) is 29.1 Å². The van der Waals surface area contributed by atoms with Crippen LogP contribution in [0.2, 0.25) is 0 Å². The van der Waals surface area contributed by atoms with E-state index in [1.165, 1.54) is 70.6 Å². The molecule has 2 nitrogen and oxygen atoms in total. The van der Waals surface area contributed by atoms with Crippen LogP contribution in [0.1, 0.15) is 70.6 Å². The summed E-state index contributed by atoms with van der Waals surface area (Å²) in [5, 5.41) is 0. The van der Waals surface area contributed by atoms with E-state index < -0.39 is 0 Å². The Bertz CT molecular complexity index is 421. The average molecular weight is 287 g/mol. The fourth-order valence-corrected chi connectivity index (χ4v) is 7.34. The summed E-state index contributed by atoms with van der Waals surface area (Å²) in [6.45, 7) is 1.08. The molecule has 1 amide bonds. The third-order valence-corrected chi connectivity index (χ3v) is 7.76. The van der Waals surface area contributed by atoms with Gasteiger partial charge in [-0.2, -0.15) is 0 Å². The van der Waals surface area contributed by atoms with Gasteiger partial charge in [-0.1, -0.05) is 12.8 Å². The quantitative estimate of drug-likeness (QED) is 0.714. The Morgan fingerprint density at radius 1 is 0.857 bits per heavy atom. The van der Waals surface area contributed by atoms with Crippen LogP contribution in [0.3, 0.4) is 0 Å². The van der Waals surface area contributed by atoms with Gasteiger partial charge in [0.05, 0.1) is 5.41 Å². The first-order chi connectivity index (χ1) is 10.2. The van der Waals surface area contributed by atoms with Gasteiger partial charge in [-0.15, -0.1) is 0 Å². The Morgan fingerprint density at radius 2 is 1.48 bits per heavy atom. The van der Waals surface area contributed by atoms with Gasteiger partial charge in [0.25, 0.3) is 0 Å². The third-order valence-electron chi connectivity index (χ3n) is 7.76. The van der Waals surface area contributed by atoms with Crippen molar-refractivity contribution in [1.82, 2.24) is 4.90 Å².